The summed E-state index contributed by atoms with van der Waals surface area (Å²) in [5, 5.41) is 9.72. The second-order valence-corrected chi connectivity index (χ2v) is 5.83. The van der Waals surface area contributed by atoms with Crippen LogP contribution in [-0.4, -0.2) is 37.1 Å². The minimum absolute atomic E-state index is 0.0643. The summed E-state index contributed by atoms with van der Waals surface area (Å²) in [7, 11) is 0. The fourth-order valence-electron chi connectivity index (χ4n) is 2.17. The maximum Gasteiger partial charge on any atom is 0.236 e. The summed E-state index contributed by atoms with van der Waals surface area (Å²) < 4.78 is 0. The van der Waals surface area contributed by atoms with Gasteiger partial charge in [-0.05, 0) is 39.2 Å². The van der Waals surface area contributed by atoms with Crippen LogP contribution in [0, 0.1) is 5.92 Å². The van der Waals surface area contributed by atoms with E-state index in [0.29, 0.717) is 5.92 Å². The Kier molecular flexibility index (Phi) is 5.40. The van der Waals surface area contributed by atoms with Crippen molar-refractivity contribution in [1.29, 1.82) is 0 Å². The van der Waals surface area contributed by atoms with Gasteiger partial charge in [-0.2, -0.15) is 0 Å². The zero-order chi connectivity index (χ0) is 12.9. The van der Waals surface area contributed by atoms with Crippen molar-refractivity contribution in [2.75, 3.05) is 19.6 Å². The quantitative estimate of drug-likeness (QED) is 0.647. The van der Waals surface area contributed by atoms with Crippen LogP contribution in [0.4, 0.5) is 0 Å². The Morgan fingerprint density at radius 1 is 1.41 bits per heavy atom. The highest BCUT2D eigenvalue weighted by Gasteiger charge is 2.31. The van der Waals surface area contributed by atoms with Gasteiger partial charge in [-0.1, -0.05) is 13.8 Å². The highest BCUT2D eigenvalue weighted by molar-refractivity contribution is 5.81. The molecule has 1 rings (SSSR count). The number of rotatable bonds is 6. The molecular weight excluding hydrogens is 214 g/mol. The van der Waals surface area contributed by atoms with Crippen molar-refractivity contribution in [3.05, 3.63) is 0 Å². The van der Waals surface area contributed by atoms with E-state index in [0.717, 1.165) is 32.5 Å². The summed E-state index contributed by atoms with van der Waals surface area (Å²) in [6.07, 6.45) is 2.12. The lowest BCUT2D eigenvalue weighted by Crippen LogP contribution is -2.54. The van der Waals surface area contributed by atoms with Crippen LogP contribution in [0.2, 0.25) is 0 Å². The summed E-state index contributed by atoms with van der Waals surface area (Å²) in [5.41, 5.74) is 0.0643. The molecule has 4 nitrogen and oxygen atoms in total. The van der Waals surface area contributed by atoms with Crippen LogP contribution in [0.1, 0.15) is 40.5 Å². The first-order chi connectivity index (χ1) is 7.93. The molecule has 3 N–H and O–H groups in total. The number of carbonyl (C=O) groups is 1. The van der Waals surface area contributed by atoms with E-state index in [1.165, 1.54) is 0 Å². The topological polar surface area (TPSA) is 53.2 Å². The summed E-state index contributed by atoms with van der Waals surface area (Å²) in [5.74, 6) is 0.744. The van der Waals surface area contributed by atoms with Gasteiger partial charge >= 0.3 is 0 Å². The molecule has 1 amide bonds. The van der Waals surface area contributed by atoms with E-state index < -0.39 is 0 Å². The second-order valence-electron chi connectivity index (χ2n) is 5.83. The van der Waals surface area contributed by atoms with Crippen molar-refractivity contribution in [3.63, 3.8) is 0 Å². The molecular formula is C13H27N3O. The summed E-state index contributed by atoms with van der Waals surface area (Å²) in [4.78, 5) is 11.9. The maximum atomic E-state index is 11.9. The van der Waals surface area contributed by atoms with Gasteiger partial charge in [0.15, 0.2) is 0 Å². The van der Waals surface area contributed by atoms with E-state index in [-0.39, 0.29) is 17.5 Å². The molecule has 0 spiro atoms. The van der Waals surface area contributed by atoms with Crippen LogP contribution in [0.5, 0.6) is 0 Å². The molecule has 1 aliphatic rings. The predicted octanol–water partition coefficient (Wildman–Crippen LogP) is 0.879. The SMILES string of the molecule is CC(C)CCNC(=O)C(C)NC1(C)CCNC1. The number of nitrogens with one attached hydrogen (secondary N) is 3. The van der Waals surface area contributed by atoms with Crippen LogP contribution in [0.25, 0.3) is 0 Å². The van der Waals surface area contributed by atoms with Gasteiger partial charge < -0.3 is 10.6 Å². The van der Waals surface area contributed by atoms with Crippen LogP contribution < -0.4 is 16.0 Å². The zero-order valence-corrected chi connectivity index (χ0v) is 11.6. The lowest BCUT2D eigenvalue weighted by atomic mass is 10.0. The molecule has 0 aromatic heterocycles. The lowest BCUT2D eigenvalue weighted by molar-refractivity contribution is -0.123. The van der Waals surface area contributed by atoms with Crippen molar-refractivity contribution in [2.45, 2.75) is 52.1 Å². The third-order valence-electron chi connectivity index (χ3n) is 3.35. The Morgan fingerprint density at radius 3 is 2.65 bits per heavy atom. The smallest absolute Gasteiger partial charge is 0.236 e. The summed E-state index contributed by atoms with van der Waals surface area (Å²) in [6.45, 7) is 11.2. The van der Waals surface area contributed by atoms with Gasteiger partial charge in [0, 0.05) is 18.6 Å². The molecule has 0 bridgehead atoms. The molecule has 1 aliphatic heterocycles. The van der Waals surface area contributed by atoms with E-state index in [1.54, 1.807) is 0 Å². The number of carbonyl (C=O) groups excluding carboxylic acids is 1. The van der Waals surface area contributed by atoms with Crippen molar-refractivity contribution in [3.8, 4) is 0 Å². The van der Waals surface area contributed by atoms with Gasteiger partial charge in [0.2, 0.25) is 5.91 Å². The van der Waals surface area contributed by atoms with Gasteiger partial charge in [0.05, 0.1) is 6.04 Å². The van der Waals surface area contributed by atoms with Gasteiger partial charge in [-0.3, -0.25) is 10.1 Å². The normalized spacial score (nSPS) is 26.2. The van der Waals surface area contributed by atoms with Crippen LogP contribution in [0.3, 0.4) is 0 Å². The van der Waals surface area contributed by atoms with E-state index in [1.807, 2.05) is 6.92 Å². The molecule has 2 atom stereocenters. The molecule has 17 heavy (non-hydrogen) atoms. The molecule has 0 aromatic rings. The molecule has 100 valence electrons. The number of hydrogen-bond donors (Lipinski definition) is 3. The highest BCUT2D eigenvalue weighted by Crippen LogP contribution is 2.14. The zero-order valence-electron chi connectivity index (χ0n) is 11.6. The van der Waals surface area contributed by atoms with Crippen molar-refractivity contribution in [2.24, 2.45) is 5.92 Å². The van der Waals surface area contributed by atoms with Crippen LogP contribution in [0.15, 0.2) is 0 Å². The Morgan fingerprint density at radius 2 is 2.12 bits per heavy atom. The Hall–Kier alpha value is -0.610. The molecule has 0 saturated carbocycles. The third-order valence-corrected chi connectivity index (χ3v) is 3.35. The lowest BCUT2D eigenvalue weighted by Gasteiger charge is -2.28. The first-order valence-corrected chi connectivity index (χ1v) is 6.69. The van der Waals surface area contributed by atoms with Crippen LogP contribution in [-0.2, 0) is 4.79 Å². The maximum absolute atomic E-state index is 11.9. The minimum Gasteiger partial charge on any atom is -0.355 e. The third kappa shape index (κ3) is 5.04. The molecule has 1 fully saturated rings. The summed E-state index contributed by atoms with van der Waals surface area (Å²) >= 11 is 0. The molecule has 1 heterocycles. The molecule has 2 unspecified atom stereocenters. The van der Waals surface area contributed by atoms with Gasteiger partial charge in [0.25, 0.3) is 0 Å². The van der Waals surface area contributed by atoms with Crippen molar-refractivity contribution >= 4 is 5.91 Å². The second kappa shape index (κ2) is 6.36. The van der Waals surface area contributed by atoms with E-state index in [2.05, 4.69) is 36.7 Å². The van der Waals surface area contributed by atoms with Gasteiger partial charge in [-0.15, -0.1) is 0 Å². The molecule has 4 heteroatoms. The molecule has 0 aliphatic carbocycles. The largest absolute Gasteiger partial charge is 0.355 e. The standard InChI is InChI=1S/C13H27N3O/c1-10(2)5-7-15-12(17)11(3)16-13(4)6-8-14-9-13/h10-11,14,16H,5-9H2,1-4H3,(H,15,17). The first kappa shape index (κ1) is 14.5. The highest BCUT2D eigenvalue weighted by atomic mass is 16.2. The Balaban J connectivity index is 2.26. The van der Waals surface area contributed by atoms with Gasteiger partial charge in [0.1, 0.15) is 0 Å². The number of amides is 1. The Bertz CT molecular complexity index is 247. The fourth-order valence-corrected chi connectivity index (χ4v) is 2.17. The number of hydrogen-bond acceptors (Lipinski definition) is 3. The predicted molar refractivity (Wildman–Crippen MR) is 71.0 cm³/mol. The molecule has 0 radical (unpaired) electrons. The Labute approximate surface area is 105 Å². The van der Waals surface area contributed by atoms with Gasteiger partial charge in [-0.25, -0.2) is 0 Å². The van der Waals surface area contributed by atoms with Crippen molar-refractivity contribution < 1.29 is 4.79 Å². The molecule has 0 aromatic carbocycles. The van der Waals surface area contributed by atoms with Crippen molar-refractivity contribution in [1.82, 2.24) is 16.0 Å². The monoisotopic (exact) mass is 241 g/mol. The van der Waals surface area contributed by atoms with E-state index in [9.17, 15) is 4.79 Å². The minimum atomic E-state index is -0.118. The fraction of sp³-hybridized carbons (Fsp3) is 0.923. The summed E-state index contributed by atoms with van der Waals surface area (Å²) in [6, 6.07) is -0.118. The van der Waals surface area contributed by atoms with E-state index in [4.69, 9.17) is 0 Å². The first-order valence-electron chi connectivity index (χ1n) is 6.69. The van der Waals surface area contributed by atoms with Crippen LogP contribution >= 0.6 is 0 Å². The average Bonchev–Trinajstić information content (AvgIpc) is 2.64. The molecule has 1 saturated heterocycles. The van der Waals surface area contributed by atoms with E-state index >= 15 is 0 Å². The average molecular weight is 241 g/mol.